The van der Waals surface area contributed by atoms with Gasteiger partial charge in [-0.25, -0.2) is 0 Å². The van der Waals surface area contributed by atoms with E-state index in [0.717, 1.165) is 11.5 Å². The average molecular weight is 372 g/mol. The molecule has 2 atom stereocenters. The quantitative estimate of drug-likeness (QED) is 0.607. The highest BCUT2D eigenvalue weighted by Crippen LogP contribution is 2.57. The van der Waals surface area contributed by atoms with Crippen LogP contribution in [0.1, 0.15) is 46.5 Å². The molecule has 1 aliphatic carbocycles. The van der Waals surface area contributed by atoms with Gasteiger partial charge in [0, 0.05) is 10.8 Å². The van der Waals surface area contributed by atoms with Crippen molar-refractivity contribution < 1.29 is 19.1 Å². The smallest absolute Gasteiger partial charge is 0.311 e. The molecule has 0 radical (unpaired) electrons. The summed E-state index contributed by atoms with van der Waals surface area (Å²) in [6.07, 6.45) is 2.56. The van der Waals surface area contributed by atoms with Crippen LogP contribution in [-0.2, 0) is 19.1 Å². The molecular formula is C17H25NO4S2. The highest BCUT2D eigenvalue weighted by Gasteiger charge is 2.61. The van der Waals surface area contributed by atoms with Gasteiger partial charge in [0.25, 0.3) is 0 Å². The maximum Gasteiger partial charge on any atom is 0.311 e. The van der Waals surface area contributed by atoms with E-state index in [1.54, 1.807) is 0 Å². The molecule has 3 rings (SSSR count). The Morgan fingerprint density at radius 1 is 1.08 bits per heavy atom. The summed E-state index contributed by atoms with van der Waals surface area (Å²) in [5.74, 6) is 1.42. The van der Waals surface area contributed by atoms with Crippen LogP contribution in [0.3, 0.4) is 0 Å². The van der Waals surface area contributed by atoms with Crippen molar-refractivity contribution in [3.05, 3.63) is 0 Å². The Labute approximate surface area is 151 Å². The zero-order valence-electron chi connectivity index (χ0n) is 14.5. The number of rotatable bonds is 3. The van der Waals surface area contributed by atoms with Crippen LogP contribution < -0.4 is 5.32 Å². The van der Waals surface area contributed by atoms with Crippen molar-refractivity contribution >= 4 is 41.3 Å². The first-order chi connectivity index (χ1) is 11.2. The van der Waals surface area contributed by atoms with E-state index in [2.05, 4.69) is 5.32 Å². The predicted octanol–water partition coefficient (Wildman–Crippen LogP) is 2.58. The van der Waals surface area contributed by atoms with E-state index in [1.165, 1.54) is 6.42 Å². The Hall–Kier alpha value is -0.690. The van der Waals surface area contributed by atoms with Crippen molar-refractivity contribution in [2.45, 2.75) is 51.0 Å². The van der Waals surface area contributed by atoms with Crippen LogP contribution in [0.5, 0.6) is 0 Å². The Bertz CT molecular complexity index is 547. The van der Waals surface area contributed by atoms with Crippen molar-refractivity contribution in [1.29, 1.82) is 0 Å². The summed E-state index contributed by atoms with van der Waals surface area (Å²) < 4.78 is 5.92. The summed E-state index contributed by atoms with van der Waals surface area (Å²) in [7, 11) is 0. The zero-order valence-corrected chi connectivity index (χ0v) is 16.1. The maximum absolute atomic E-state index is 12.8. The molecule has 0 spiro atoms. The minimum absolute atomic E-state index is 0.262. The van der Waals surface area contributed by atoms with E-state index in [4.69, 9.17) is 4.74 Å². The lowest BCUT2D eigenvalue weighted by molar-refractivity contribution is -0.174. The SMILES string of the molecule is CC12CC(C)(CC(C)(C(=O)OCC3SCCCS3)C1)C(=O)NC2=O. The van der Waals surface area contributed by atoms with Crippen LogP contribution >= 0.6 is 23.5 Å². The van der Waals surface area contributed by atoms with Crippen molar-refractivity contribution in [1.82, 2.24) is 5.32 Å². The average Bonchev–Trinajstić information content (AvgIpc) is 2.51. The predicted molar refractivity (Wildman–Crippen MR) is 95.6 cm³/mol. The second-order valence-corrected chi connectivity index (χ2v) is 11.0. The lowest BCUT2D eigenvalue weighted by Crippen LogP contribution is -2.63. The number of thioether (sulfide) groups is 2. The second-order valence-electron chi connectivity index (χ2n) is 8.12. The highest BCUT2D eigenvalue weighted by atomic mass is 32.2. The number of piperidine rings is 1. The van der Waals surface area contributed by atoms with E-state index >= 15 is 0 Å². The number of nitrogens with one attached hydrogen (secondary N) is 1. The molecule has 3 fully saturated rings. The van der Waals surface area contributed by atoms with Gasteiger partial charge in [0.1, 0.15) is 6.61 Å². The molecule has 2 unspecified atom stereocenters. The lowest BCUT2D eigenvalue weighted by atomic mass is 9.52. The third-order valence-electron chi connectivity index (χ3n) is 5.40. The summed E-state index contributed by atoms with van der Waals surface area (Å²) in [6.45, 7) is 5.95. The van der Waals surface area contributed by atoms with E-state index in [1.807, 2.05) is 44.3 Å². The van der Waals surface area contributed by atoms with Gasteiger partial charge in [0.2, 0.25) is 11.8 Å². The number of amides is 2. The molecule has 2 aliphatic heterocycles. The molecular weight excluding hydrogens is 346 g/mol. The minimum atomic E-state index is -0.792. The number of fused-ring (bicyclic) bond motifs is 2. The standard InChI is InChI=1S/C17H25NO4S2/c1-15-8-16(2,13(20)18-12(15)19)10-17(3,9-15)14(21)22-7-11-23-5-4-6-24-11/h11H,4-10H2,1-3H3,(H,18,19,20). The van der Waals surface area contributed by atoms with Crippen LogP contribution in [0.15, 0.2) is 0 Å². The lowest BCUT2D eigenvalue weighted by Gasteiger charge is -2.52. The van der Waals surface area contributed by atoms with Crippen molar-refractivity contribution in [3.63, 3.8) is 0 Å². The molecule has 3 aliphatic rings. The van der Waals surface area contributed by atoms with Gasteiger partial charge < -0.3 is 4.74 Å². The number of carbonyl (C=O) groups is 3. The van der Waals surface area contributed by atoms with E-state index in [-0.39, 0.29) is 17.8 Å². The molecule has 7 heteroatoms. The normalized spacial score (nSPS) is 40.1. The molecule has 5 nitrogen and oxygen atoms in total. The van der Waals surface area contributed by atoms with Crippen LogP contribution in [0.4, 0.5) is 0 Å². The van der Waals surface area contributed by atoms with Crippen molar-refractivity contribution in [2.75, 3.05) is 18.1 Å². The number of esters is 1. The summed E-state index contributed by atoms with van der Waals surface area (Å²) in [5.41, 5.74) is -2.18. The fourth-order valence-corrected chi connectivity index (χ4v) is 7.21. The first kappa shape index (κ1) is 18.1. The van der Waals surface area contributed by atoms with Gasteiger partial charge in [-0.2, -0.15) is 0 Å². The maximum atomic E-state index is 12.8. The first-order valence-corrected chi connectivity index (χ1v) is 10.5. The molecule has 1 saturated carbocycles. The van der Waals surface area contributed by atoms with Crippen LogP contribution in [0.25, 0.3) is 0 Å². The van der Waals surface area contributed by atoms with Gasteiger partial charge in [0.15, 0.2) is 0 Å². The molecule has 0 aromatic rings. The number of ether oxygens (including phenoxy) is 1. The fraction of sp³-hybridized carbons (Fsp3) is 0.824. The van der Waals surface area contributed by atoms with Crippen LogP contribution in [-0.4, -0.2) is 40.5 Å². The summed E-state index contributed by atoms with van der Waals surface area (Å²) in [6, 6.07) is 0. The molecule has 134 valence electrons. The monoisotopic (exact) mass is 371 g/mol. The van der Waals surface area contributed by atoms with Crippen molar-refractivity contribution in [2.24, 2.45) is 16.2 Å². The molecule has 24 heavy (non-hydrogen) atoms. The fourth-order valence-electron chi connectivity index (χ4n) is 4.59. The number of carbonyl (C=O) groups excluding carboxylic acids is 3. The molecule has 1 N–H and O–H groups in total. The van der Waals surface area contributed by atoms with Gasteiger partial charge in [-0.05, 0) is 44.1 Å². The minimum Gasteiger partial charge on any atom is -0.463 e. The number of hydrogen-bond acceptors (Lipinski definition) is 6. The summed E-state index contributed by atoms with van der Waals surface area (Å²) in [4.78, 5) is 37.4. The molecule has 0 aromatic heterocycles. The van der Waals surface area contributed by atoms with Gasteiger partial charge in [-0.3, -0.25) is 19.7 Å². The molecule has 0 aromatic carbocycles. The molecule has 2 heterocycles. The Kier molecular flexibility index (Phi) is 4.71. The third kappa shape index (κ3) is 3.21. The van der Waals surface area contributed by atoms with Crippen molar-refractivity contribution in [3.8, 4) is 0 Å². The Balaban J connectivity index is 1.72. The first-order valence-electron chi connectivity index (χ1n) is 8.43. The largest absolute Gasteiger partial charge is 0.463 e. The number of imide groups is 1. The topological polar surface area (TPSA) is 72.5 Å². The van der Waals surface area contributed by atoms with Gasteiger partial charge in [-0.1, -0.05) is 13.8 Å². The Morgan fingerprint density at radius 3 is 2.17 bits per heavy atom. The molecule has 2 amide bonds. The van der Waals surface area contributed by atoms with Crippen LogP contribution in [0.2, 0.25) is 0 Å². The van der Waals surface area contributed by atoms with E-state index in [0.29, 0.717) is 30.5 Å². The Morgan fingerprint density at radius 2 is 1.62 bits per heavy atom. The van der Waals surface area contributed by atoms with E-state index in [9.17, 15) is 14.4 Å². The highest BCUT2D eigenvalue weighted by molar-refractivity contribution is 8.17. The van der Waals surface area contributed by atoms with E-state index < -0.39 is 16.2 Å². The van der Waals surface area contributed by atoms with Gasteiger partial charge in [0.05, 0.1) is 10.00 Å². The molecule has 2 saturated heterocycles. The summed E-state index contributed by atoms with van der Waals surface area (Å²) >= 11 is 3.67. The van der Waals surface area contributed by atoms with Crippen LogP contribution in [0, 0.1) is 16.2 Å². The third-order valence-corrected chi connectivity index (χ3v) is 8.28. The molecule has 2 bridgehead atoms. The van der Waals surface area contributed by atoms with Gasteiger partial charge >= 0.3 is 5.97 Å². The summed E-state index contributed by atoms with van der Waals surface area (Å²) in [5, 5.41) is 2.49. The zero-order chi connectivity index (χ0) is 17.6. The van der Waals surface area contributed by atoms with Gasteiger partial charge in [-0.15, -0.1) is 23.5 Å². The number of hydrogen-bond donors (Lipinski definition) is 1. The second kappa shape index (κ2) is 6.24.